The summed E-state index contributed by atoms with van der Waals surface area (Å²) in [6, 6.07) is 12.8. The van der Waals surface area contributed by atoms with E-state index in [1.807, 2.05) is 37.3 Å². The number of carbonyl (C=O) groups is 1. The monoisotopic (exact) mass is 496 g/mol. The minimum atomic E-state index is -0.984. The number of nitrogen functional groups attached to an aromatic ring is 1. The number of hydrogen-bond donors (Lipinski definition) is 1. The summed E-state index contributed by atoms with van der Waals surface area (Å²) in [5.74, 6) is 4.61. The van der Waals surface area contributed by atoms with Crippen molar-refractivity contribution >= 4 is 23.2 Å². The summed E-state index contributed by atoms with van der Waals surface area (Å²) in [7, 11) is 0. The Morgan fingerprint density at radius 1 is 1.11 bits per heavy atom. The van der Waals surface area contributed by atoms with Crippen LogP contribution in [0.3, 0.4) is 0 Å². The molecule has 0 radical (unpaired) electrons. The average molecular weight is 497 g/mol. The molecule has 0 spiro atoms. The van der Waals surface area contributed by atoms with Gasteiger partial charge in [0.1, 0.15) is 0 Å². The number of carbonyl (C=O) groups excluding carboxylic acids is 1. The second-order valence-electron chi connectivity index (χ2n) is 8.84. The Hall–Kier alpha value is -3.79. The van der Waals surface area contributed by atoms with E-state index in [4.69, 9.17) is 17.4 Å². The Kier molecular flexibility index (Phi) is 6.83. The molecule has 0 aliphatic heterocycles. The molecule has 0 bridgehead atoms. The van der Waals surface area contributed by atoms with Crippen molar-refractivity contribution in [2.24, 2.45) is 16.1 Å². The second-order valence-corrected chi connectivity index (χ2v) is 9.25. The number of nitrogens with zero attached hydrogens (tertiary/aromatic N) is 5. The maximum atomic E-state index is 13.4. The number of aryl methyl sites for hydroxylation is 1. The van der Waals surface area contributed by atoms with Crippen molar-refractivity contribution in [3.63, 3.8) is 0 Å². The molecule has 1 aliphatic carbocycles. The van der Waals surface area contributed by atoms with E-state index in [2.05, 4.69) is 10.2 Å². The van der Waals surface area contributed by atoms with Gasteiger partial charge in [-0.2, -0.15) is 4.68 Å². The number of rotatable bonds is 7. The van der Waals surface area contributed by atoms with Crippen molar-refractivity contribution in [3.8, 4) is 0 Å². The van der Waals surface area contributed by atoms with E-state index < -0.39 is 23.2 Å². The first-order valence-electron chi connectivity index (χ1n) is 11.2. The Labute approximate surface area is 205 Å². The molecule has 1 fully saturated rings. The SMILES string of the molecule is Cc1ccc(Cn2c(=O)n(C[C@H](C)C(=O)N=O)c(=O)n(N)/c2=N\c2ccc(C3CC3)c(Cl)c2)cc1. The smallest absolute Gasteiger partial charge is 0.332 e. The summed E-state index contributed by atoms with van der Waals surface area (Å²) in [5, 5.41) is 2.95. The highest BCUT2D eigenvalue weighted by Gasteiger charge is 2.25. The van der Waals surface area contributed by atoms with E-state index in [1.54, 1.807) is 12.1 Å². The van der Waals surface area contributed by atoms with Gasteiger partial charge in [0.2, 0.25) is 5.62 Å². The van der Waals surface area contributed by atoms with E-state index in [-0.39, 0.29) is 18.7 Å². The fourth-order valence-corrected chi connectivity index (χ4v) is 4.14. The van der Waals surface area contributed by atoms with Crippen LogP contribution in [0.2, 0.25) is 5.02 Å². The predicted octanol–water partition coefficient (Wildman–Crippen LogP) is 2.57. The fraction of sp³-hybridized carbons (Fsp3) is 0.333. The molecule has 4 rings (SSSR count). The first-order chi connectivity index (χ1) is 16.7. The number of halogens is 1. The number of nitroso groups, excluding NO2 is 1. The molecule has 35 heavy (non-hydrogen) atoms. The minimum absolute atomic E-state index is 0.0670. The van der Waals surface area contributed by atoms with Crippen LogP contribution < -0.4 is 22.8 Å². The zero-order chi connectivity index (χ0) is 25.3. The number of benzene rings is 2. The fourth-order valence-electron chi connectivity index (χ4n) is 3.81. The third-order valence-corrected chi connectivity index (χ3v) is 6.34. The second kappa shape index (κ2) is 9.83. The molecule has 1 aromatic heterocycles. The van der Waals surface area contributed by atoms with Crippen molar-refractivity contribution in [1.82, 2.24) is 13.8 Å². The standard InChI is InChI=1S/C24H25ClN6O4/c1-14-3-5-16(6-4-14)13-29-22(27-18-9-10-19(17-7-8-17)20(25)11-18)31(26)24(34)30(23(29)33)12-15(2)21(32)28-35/h3-6,9-11,15,17H,7-8,12-13,26H2,1-2H3/b27-22-/t15-/m0/s1. The quantitative estimate of drug-likeness (QED) is 0.396. The lowest BCUT2D eigenvalue weighted by Gasteiger charge is -2.15. The Bertz CT molecular complexity index is 1480. The van der Waals surface area contributed by atoms with Crippen LogP contribution in [0.4, 0.5) is 5.69 Å². The maximum Gasteiger partial charge on any atom is 0.353 e. The van der Waals surface area contributed by atoms with Crippen LogP contribution in [-0.4, -0.2) is 19.7 Å². The van der Waals surface area contributed by atoms with Gasteiger partial charge in [0.15, 0.2) is 0 Å². The minimum Gasteiger partial charge on any atom is -0.332 e. The van der Waals surface area contributed by atoms with Crippen LogP contribution in [0.5, 0.6) is 0 Å². The molecule has 1 amide bonds. The van der Waals surface area contributed by atoms with E-state index in [0.29, 0.717) is 16.6 Å². The number of amides is 1. The molecular weight excluding hydrogens is 472 g/mol. The molecule has 11 heteroatoms. The molecule has 0 saturated heterocycles. The van der Waals surface area contributed by atoms with Gasteiger partial charge < -0.3 is 5.84 Å². The zero-order valence-electron chi connectivity index (χ0n) is 19.3. The van der Waals surface area contributed by atoms with Crippen LogP contribution in [0, 0.1) is 17.7 Å². The third kappa shape index (κ3) is 5.17. The lowest BCUT2D eigenvalue weighted by atomic mass is 10.1. The third-order valence-electron chi connectivity index (χ3n) is 6.02. The van der Waals surface area contributed by atoms with E-state index in [0.717, 1.165) is 38.8 Å². The van der Waals surface area contributed by atoms with Crippen LogP contribution in [0.25, 0.3) is 0 Å². The van der Waals surface area contributed by atoms with Crippen LogP contribution in [0.15, 0.2) is 62.2 Å². The average Bonchev–Trinajstić information content (AvgIpc) is 3.68. The molecule has 1 saturated carbocycles. The largest absolute Gasteiger partial charge is 0.353 e. The van der Waals surface area contributed by atoms with Gasteiger partial charge in [0.25, 0.3) is 5.91 Å². The van der Waals surface area contributed by atoms with Gasteiger partial charge >= 0.3 is 11.4 Å². The van der Waals surface area contributed by atoms with Crippen LogP contribution in [0.1, 0.15) is 42.4 Å². The lowest BCUT2D eigenvalue weighted by molar-refractivity contribution is -0.121. The van der Waals surface area contributed by atoms with Gasteiger partial charge in [-0.3, -0.25) is 9.36 Å². The number of hydrogen-bond acceptors (Lipinski definition) is 6. The Morgan fingerprint density at radius 3 is 2.40 bits per heavy atom. The molecule has 1 atom stereocenters. The Morgan fingerprint density at radius 2 is 1.80 bits per heavy atom. The summed E-state index contributed by atoms with van der Waals surface area (Å²) in [6.07, 6.45) is 2.18. The molecule has 1 aliphatic rings. The summed E-state index contributed by atoms with van der Waals surface area (Å²) < 4.78 is 2.81. The Balaban J connectivity index is 1.89. The summed E-state index contributed by atoms with van der Waals surface area (Å²) >= 11 is 6.44. The van der Waals surface area contributed by atoms with Crippen molar-refractivity contribution in [1.29, 1.82) is 0 Å². The maximum absolute atomic E-state index is 13.4. The van der Waals surface area contributed by atoms with Crippen molar-refractivity contribution < 1.29 is 4.79 Å². The van der Waals surface area contributed by atoms with Crippen LogP contribution in [-0.2, 0) is 17.9 Å². The molecule has 2 aromatic carbocycles. The predicted molar refractivity (Wildman–Crippen MR) is 132 cm³/mol. The van der Waals surface area contributed by atoms with Gasteiger partial charge in [-0.05, 0) is 48.9 Å². The summed E-state index contributed by atoms with van der Waals surface area (Å²) in [5.41, 5.74) is 1.62. The van der Waals surface area contributed by atoms with Crippen molar-refractivity contribution in [3.05, 3.63) is 95.7 Å². The first-order valence-corrected chi connectivity index (χ1v) is 11.6. The molecule has 0 unspecified atom stereocenters. The molecule has 10 nitrogen and oxygen atoms in total. The molecular formula is C24H25ClN6O4. The highest BCUT2D eigenvalue weighted by atomic mass is 35.5. The number of aromatic nitrogens is 3. The van der Waals surface area contributed by atoms with E-state index >= 15 is 0 Å². The lowest BCUT2D eigenvalue weighted by Crippen LogP contribution is -2.58. The summed E-state index contributed by atoms with van der Waals surface area (Å²) in [4.78, 5) is 53.3. The van der Waals surface area contributed by atoms with Crippen molar-refractivity contribution in [2.45, 2.75) is 45.7 Å². The normalized spacial score (nSPS) is 14.7. The highest BCUT2D eigenvalue weighted by Crippen LogP contribution is 2.43. The molecule has 3 aromatic rings. The van der Waals surface area contributed by atoms with E-state index in [9.17, 15) is 19.3 Å². The van der Waals surface area contributed by atoms with Crippen LogP contribution >= 0.6 is 11.6 Å². The summed E-state index contributed by atoms with van der Waals surface area (Å²) in [6.45, 7) is 3.06. The van der Waals surface area contributed by atoms with E-state index in [1.165, 1.54) is 11.5 Å². The van der Waals surface area contributed by atoms with Gasteiger partial charge in [-0.15, -0.1) is 4.91 Å². The van der Waals surface area contributed by atoms with Gasteiger partial charge in [-0.1, -0.05) is 54.4 Å². The molecule has 2 N–H and O–H groups in total. The first kappa shape index (κ1) is 24.3. The van der Waals surface area contributed by atoms with Gasteiger partial charge in [0.05, 0.1) is 18.2 Å². The number of nitrogens with two attached hydrogens (primary N) is 1. The van der Waals surface area contributed by atoms with Gasteiger partial charge in [-0.25, -0.2) is 19.1 Å². The van der Waals surface area contributed by atoms with Crippen molar-refractivity contribution in [2.75, 3.05) is 5.84 Å². The van der Waals surface area contributed by atoms with Gasteiger partial charge in [0, 0.05) is 16.7 Å². The molecule has 182 valence electrons. The molecule has 1 heterocycles. The topological polar surface area (TPSA) is 134 Å². The zero-order valence-corrected chi connectivity index (χ0v) is 20.1. The highest BCUT2D eigenvalue weighted by molar-refractivity contribution is 6.31.